The summed E-state index contributed by atoms with van der Waals surface area (Å²) < 4.78 is 0. The molecule has 1 amide bonds. The molecule has 0 unspecified atom stereocenters. The summed E-state index contributed by atoms with van der Waals surface area (Å²) in [5.74, 6) is 0.985. The van der Waals surface area contributed by atoms with Crippen molar-refractivity contribution in [3.05, 3.63) is 0 Å². The Balaban J connectivity index is 2.32. The minimum Gasteiger partial charge on any atom is -0.343 e. The van der Waals surface area contributed by atoms with E-state index in [0.29, 0.717) is 24.3 Å². The maximum absolute atomic E-state index is 12.4. The molecule has 0 atom stereocenters. The van der Waals surface area contributed by atoms with Crippen molar-refractivity contribution < 1.29 is 4.79 Å². The van der Waals surface area contributed by atoms with Crippen molar-refractivity contribution in [2.24, 2.45) is 5.92 Å². The minimum atomic E-state index is 0.334. The van der Waals surface area contributed by atoms with Gasteiger partial charge in [-0.25, -0.2) is 0 Å². The van der Waals surface area contributed by atoms with Gasteiger partial charge in [0.1, 0.15) is 0 Å². The second-order valence-corrected chi connectivity index (χ2v) is 6.84. The number of piperazine rings is 1. The number of carbonyl (C=O) groups excluding carboxylic acids is 1. The Kier molecular flexibility index (Phi) is 9.03. The van der Waals surface area contributed by atoms with E-state index in [-0.39, 0.29) is 0 Å². The third-order valence-corrected chi connectivity index (χ3v) is 5.15. The van der Waals surface area contributed by atoms with Crippen LogP contribution < -0.4 is 0 Å². The van der Waals surface area contributed by atoms with E-state index in [9.17, 15) is 4.79 Å². The van der Waals surface area contributed by atoms with Gasteiger partial charge in [-0.3, -0.25) is 9.69 Å². The van der Waals surface area contributed by atoms with E-state index in [1.54, 1.807) is 0 Å². The molecule has 0 spiro atoms. The lowest BCUT2D eigenvalue weighted by Crippen LogP contribution is -2.49. The molecule has 1 heterocycles. The molecule has 1 saturated heterocycles. The molecule has 0 N–H and O–H groups in total. The topological polar surface area (TPSA) is 26.8 Å². The Bertz CT molecular complexity index is 307. The van der Waals surface area contributed by atoms with E-state index in [4.69, 9.17) is 0 Å². The summed E-state index contributed by atoms with van der Waals surface area (Å²) in [6, 6.07) is 0.638. The summed E-state index contributed by atoms with van der Waals surface area (Å²) in [4.78, 5) is 19.5. The second-order valence-electron chi connectivity index (χ2n) is 6.84. The first-order chi connectivity index (χ1) is 10.5. The van der Waals surface area contributed by atoms with Gasteiger partial charge in [0, 0.05) is 58.3 Å². The zero-order valence-corrected chi connectivity index (χ0v) is 15.5. The molecule has 4 heteroatoms. The van der Waals surface area contributed by atoms with Crippen LogP contribution in [0.5, 0.6) is 0 Å². The first-order valence-electron chi connectivity index (χ1n) is 9.25. The first kappa shape index (κ1) is 19.4. The van der Waals surface area contributed by atoms with Gasteiger partial charge in [0.2, 0.25) is 5.91 Å². The van der Waals surface area contributed by atoms with Gasteiger partial charge in [-0.05, 0) is 26.7 Å². The average molecular weight is 312 g/mol. The third-order valence-electron chi connectivity index (χ3n) is 5.15. The maximum Gasteiger partial charge on any atom is 0.223 e. The van der Waals surface area contributed by atoms with E-state index in [1.165, 1.54) is 0 Å². The van der Waals surface area contributed by atoms with E-state index >= 15 is 0 Å². The van der Waals surface area contributed by atoms with Crippen LogP contribution in [0.1, 0.15) is 53.9 Å². The average Bonchev–Trinajstić information content (AvgIpc) is 2.54. The fourth-order valence-corrected chi connectivity index (χ4v) is 3.18. The van der Waals surface area contributed by atoms with Crippen LogP contribution in [0.15, 0.2) is 0 Å². The Morgan fingerprint density at radius 2 is 1.64 bits per heavy atom. The van der Waals surface area contributed by atoms with Crippen LogP contribution in [-0.2, 0) is 4.79 Å². The second kappa shape index (κ2) is 10.2. The molecule has 22 heavy (non-hydrogen) atoms. The van der Waals surface area contributed by atoms with Crippen molar-refractivity contribution >= 4 is 5.91 Å². The van der Waals surface area contributed by atoms with Crippen LogP contribution >= 0.6 is 0 Å². The van der Waals surface area contributed by atoms with E-state index in [1.807, 2.05) is 0 Å². The molecular weight excluding hydrogens is 274 g/mol. The van der Waals surface area contributed by atoms with Crippen molar-refractivity contribution in [2.45, 2.75) is 59.9 Å². The summed E-state index contributed by atoms with van der Waals surface area (Å²) >= 11 is 0. The van der Waals surface area contributed by atoms with Crippen LogP contribution in [0.25, 0.3) is 0 Å². The Hall–Kier alpha value is -0.610. The van der Waals surface area contributed by atoms with Crippen molar-refractivity contribution in [2.75, 3.05) is 45.8 Å². The molecule has 1 aliphatic heterocycles. The number of rotatable bonds is 9. The molecule has 0 aromatic heterocycles. The van der Waals surface area contributed by atoms with Gasteiger partial charge in [-0.2, -0.15) is 0 Å². The summed E-state index contributed by atoms with van der Waals surface area (Å²) in [5, 5.41) is 0. The van der Waals surface area contributed by atoms with Crippen LogP contribution in [0.2, 0.25) is 0 Å². The monoisotopic (exact) mass is 311 g/mol. The lowest BCUT2D eigenvalue weighted by Gasteiger charge is -2.37. The highest BCUT2D eigenvalue weighted by Gasteiger charge is 2.21. The van der Waals surface area contributed by atoms with Crippen LogP contribution in [0.3, 0.4) is 0 Å². The zero-order chi connectivity index (χ0) is 16.5. The molecule has 0 aromatic carbocycles. The highest BCUT2D eigenvalue weighted by atomic mass is 16.2. The first-order valence-corrected chi connectivity index (χ1v) is 9.25. The van der Waals surface area contributed by atoms with E-state index in [2.05, 4.69) is 49.3 Å². The molecule has 0 saturated carbocycles. The molecule has 0 bridgehead atoms. The Morgan fingerprint density at radius 1 is 1.05 bits per heavy atom. The molecular formula is C18H37N3O. The van der Waals surface area contributed by atoms with E-state index in [0.717, 1.165) is 58.7 Å². The minimum absolute atomic E-state index is 0.334. The van der Waals surface area contributed by atoms with Crippen LogP contribution in [0.4, 0.5) is 0 Å². The molecule has 0 aromatic rings. The Morgan fingerprint density at radius 3 is 2.09 bits per heavy atom. The number of hydrogen-bond donors (Lipinski definition) is 0. The third kappa shape index (κ3) is 6.25. The number of nitrogens with zero attached hydrogens (tertiary/aromatic N) is 3. The molecule has 0 aliphatic carbocycles. The fourth-order valence-electron chi connectivity index (χ4n) is 3.18. The van der Waals surface area contributed by atoms with Gasteiger partial charge in [0.05, 0.1) is 0 Å². The van der Waals surface area contributed by atoms with Gasteiger partial charge in [-0.1, -0.05) is 26.7 Å². The largest absolute Gasteiger partial charge is 0.343 e. The molecule has 130 valence electrons. The van der Waals surface area contributed by atoms with Crippen molar-refractivity contribution in [3.8, 4) is 0 Å². The predicted octanol–water partition coefficient (Wildman–Crippen LogP) is 2.69. The molecule has 1 fully saturated rings. The van der Waals surface area contributed by atoms with Gasteiger partial charge in [-0.15, -0.1) is 0 Å². The van der Waals surface area contributed by atoms with Crippen molar-refractivity contribution in [1.29, 1.82) is 0 Å². The summed E-state index contributed by atoms with van der Waals surface area (Å²) in [5.41, 5.74) is 0. The highest BCUT2D eigenvalue weighted by molar-refractivity contribution is 5.76. The maximum atomic E-state index is 12.4. The number of carbonyl (C=O) groups is 1. The SMILES string of the molecule is CCC(CC)CN(CC)C(=O)CCN1CCN(C(C)C)CC1. The number of amides is 1. The summed E-state index contributed by atoms with van der Waals surface area (Å²) in [7, 11) is 0. The van der Waals surface area contributed by atoms with Gasteiger partial charge in [0.15, 0.2) is 0 Å². The van der Waals surface area contributed by atoms with E-state index < -0.39 is 0 Å². The molecule has 0 radical (unpaired) electrons. The van der Waals surface area contributed by atoms with Crippen LogP contribution in [-0.4, -0.2) is 72.5 Å². The lowest BCUT2D eigenvalue weighted by molar-refractivity contribution is -0.132. The smallest absolute Gasteiger partial charge is 0.223 e. The molecule has 1 aliphatic rings. The highest BCUT2D eigenvalue weighted by Crippen LogP contribution is 2.11. The van der Waals surface area contributed by atoms with Gasteiger partial charge in [0.25, 0.3) is 0 Å². The summed E-state index contributed by atoms with van der Waals surface area (Å²) in [6.07, 6.45) is 3.00. The van der Waals surface area contributed by atoms with Crippen molar-refractivity contribution in [3.63, 3.8) is 0 Å². The van der Waals surface area contributed by atoms with Crippen molar-refractivity contribution in [1.82, 2.24) is 14.7 Å². The van der Waals surface area contributed by atoms with Crippen LogP contribution in [0, 0.1) is 5.92 Å². The normalized spacial score (nSPS) is 17.4. The zero-order valence-electron chi connectivity index (χ0n) is 15.5. The van der Waals surface area contributed by atoms with Gasteiger partial charge >= 0.3 is 0 Å². The Labute approximate surface area is 137 Å². The quantitative estimate of drug-likeness (QED) is 0.655. The fraction of sp³-hybridized carbons (Fsp3) is 0.944. The van der Waals surface area contributed by atoms with Gasteiger partial charge < -0.3 is 9.80 Å². The molecule has 1 rings (SSSR count). The summed E-state index contributed by atoms with van der Waals surface area (Å²) in [6.45, 7) is 18.2. The number of hydrogen-bond acceptors (Lipinski definition) is 3. The standard InChI is InChI=1S/C18H37N3O/c1-6-17(7-2)15-20(8-3)18(22)9-10-19-11-13-21(14-12-19)16(4)5/h16-17H,6-15H2,1-5H3. The molecule has 4 nitrogen and oxygen atoms in total. The lowest BCUT2D eigenvalue weighted by atomic mass is 10.0. The predicted molar refractivity (Wildman–Crippen MR) is 94.1 cm³/mol.